The van der Waals surface area contributed by atoms with Gasteiger partial charge in [0.2, 0.25) is 0 Å². The molecule has 2 N–H and O–H groups in total. The molecule has 1 aliphatic heterocycles. The number of carbonyl (C=O) groups is 1. The Labute approximate surface area is 177 Å². The molecule has 160 valence electrons. The average molecular weight is 424 g/mol. The van der Waals surface area contributed by atoms with E-state index in [-0.39, 0.29) is 24.4 Å². The summed E-state index contributed by atoms with van der Waals surface area (Å²) in [5.41, 5.74) is 7.67. The number of benzene rings is 1. The van der Waals surface area contributed by atoms with E-state index in [0.29, 0.717) is 43.6 Å². The van der Waals surface area contributed by atoms with Crippen LogP contribution in [-0.2, 0) is 4.74 Å². The van der Waals surface area contributed by atoms with E-state index in [1.807, 2.05) is 36.1 Å². The van der Waals surface area contributed by atoms with E-state index in [1.54, 1.807) is 7.11 Å². The van der Waals surface area contributed by atoms with Crippen LogP contribution in [-0.4, -0.2) is 65.3 Å². The largest absolute Gasteiger partial charge is 0.491 e. The summed E-state index contributed by atoms with van der Waals surface area (Å²) in [6, 6.07) is 7.48. The summed E-state index contributed by atoms with van der Waals surface area (Å²) in [4.78, 5) is 16.4. The van der Waals surface area contributed by atoms with Crippen LogP contribution in [0.15, 0.2) is 24.3 Å². The Hall–Kier alpha value is -2.16. The zero-order chi connectivity index (χ0) is 20.1. The second-order valence-corrected chi connectivity index (χ2v) is 7.28. The number of hydrogen-bond donors (Lipinski definition) is 1. The fourth-order valence-corrected chi connectivity index (χ4v) is 3.49. The number of likely N-dealkylation sites (tertiary alicyclic amines) is 1. The predicted octanol–water partition coefficient (Wildman–Crippen LogP) is 2.22. The third-order valence-corrected chi connectivity index (χ3v) is 5.12. The van der Waals surface area contributed by atoms with E-state index >= 15 is 0 Å². The van der Waals surface area contributed by atoms with Gasteiger partial charge in [-0.25, -0.2) is 0 Å². The summed E-state index contributed by atoms with van der Waals surface area (Å²) in [5, 5.41) is 8.89. The Morgan fingerprint density at radius 1 is 1.24 bits per heavy atom. The second kappa shape index (κ2) is 10.6. The molecule has 0 spiro atoms. The molecule has 0 saturated carbocycles. The molecule has 2 aromatic rings. The molecule has 1 amide bonds. The van der Waals surface area contributed by atoms with Gasteiger partial charge in [0.1, 0.15) is 12.4 Å². The van der Waals surface area contributed by atoms with E-state index in [2.05, 4.69) is 17.1 Å². The van der Waals surface area contributed by atoms with Gasteiger partial charge in [0.05, 0.1) is 18.0 Å². The first kappa shape index (κ1) is 23.1. The number of methoxy groups -OCH3 is 1. The number of carbonyl (C=O) groups excluding carboxylic acids is 1. The summed E-state index contributed by atoms with van der Waals surface area (Å²) in [6.07, 6.45) is 1.92. The van der Waals surface area contributed by atoms with Crippen molar-refractivity contribution in [1.29, 1.82) is 0 Å². The highest BCUT2D eigenvalue weighted by atomic mass is 35.5. The molecule has 0 bridgehead atoms. The molecule has 1 aromatic carbocycles. The highest BCUT2D eigenvalue weighted by Gasteiger charge is 2.32. The number of piperidine rings is 1. The zero-order valence-corrected chi connectivity index (χ0v) is 18.0. The lowest BCUT2D eigenvalue weighted by molar-refractivity contribution is 0.0566. The van der Waals surface area contributed by atoms with Crippen molar-refractivity contribution in [3.8, 4) is 11.4 Å². The van der Waals surface area contributed by atoms with E-state index in [4.69, 9.17) is 15.2 Å². The summed E-state index contributed by atoms with van der Waals surface area (Å²) in [7, 11) is 1.64. The lowest BCUT2D eigenvalue weighted by atomic mass is 9.92. The van der Waals surface area contributed by atoms with Gasteiger partial charge in [0.25, 0.3) is 5.91 Å². The molecule has 8 nitrogen and oxygen atoms in total. The zero-order valence-electron chi connectivity index (χ0n) is 17.2. The summed E-state index contributed by atoms with van der Waals surface area (Å²) < 4.78 is 10.5. The van der Waals surface area contributed by atoms with Crippen molar-refractivity contribution in [3.05, 3.63) is 35.7 Å². The first-order valence-corrected chi connectivity index (χ1v) is 9.70. The molecule has 1 aromatic heterocycles. The van der Waals surface area contributed by atoms with Gasteiger partial charge in [-0.1, -0.05) is 6.92 Å². The summed E-state index contributed by atoms with van der Waals surface area (Å²) in [6.45, 7) is 6.21. The molecule has 2 atom stereocenters. The Morgan fingerprint density at radius 3 is 2.62 bits per heavy atom. The Bertz CT molecular complexity index is 796. The lowest BCUT2D eigenvalue weighted by Gasteiger charge is -2.37. The quantitative estimate of drug-likeness (QED) is 0.686. The minimum absolute atomic E-state index is 0. The molecule has 3 rings (SSSR count). The number of nitrogens with zero attached hydrogens (tertiary/aromatic N) is 4. The molecule has 1 fully saturated rings. The molecule has 2 unspecified atom stereocenters. The molecule has 2 heterocycles. The van der Waals surface area contributed by atoms with Crippen LogP contribution >= 0.6 is 12.4 Å². The van der Waals surface area contributed by atoms with Crippen LogP contribution in [0.3, 0.4) is 0 Å². The van der Waals surface area contributed by atoms with Gasteiger partial charge < -0.3 is 20.1 Å². The fraction of sp³-hybridized carbons (Fsp3) is 0.550. The van der Waals surface area contributed by atoms with Crippen molar-refractivity contribution in [2.45, 2.75) is 32.7 Å². The maximum absolute atomic E-state index is 13.1. The Balaban J connectivity index is 0.00000300. The van der Waals surface area contributed by atoms with Crippen LogP contribution in [0.4, 0.5) is 0 Å². The van der Waals surface area contributed by atoms with Crippen molar-refractivity contribution in [3.63, 3.8) is 0 Å². The normalized spacial score (nSPS) is 19.0. The number of nitrogens with two attached hydrogens (primary N) is 1. The van der Waals surface area contributed by atoms with Crippen LogP contribution in [0, 0.1) is 12.8 Å². The van der Waals surface area contributed by atoms with Gasteiger partial charge in [0.15, 0.2) is 5.69 Å². The number of hydrogen-bond acceptors (Lipinski definition) is 6. The van der Waals surface area contributed by atoms with Crippen LogP contribution in [0.5, 0.6) is 5.75 Å². The Morgan fingerprint density at radius 2 is 1.97 bits per heavy atom. The molecule has 0 radical (unpaired) electrons. The van der Waals surface area contributed by atoms with Crippen LogP contribution < -0.4 is 10.5 Å². The minimum Gasteiger partial charge on any atom is -0.491 e. The highest BCUT2D eigenvalue weighted by Crippen LogP contribution is 2.24. The van der Waals surface area contributed by atoms with Crippen LogP contribution in [0.2, 0.25) is 0 Å². The standard InChI is InChI=1S/C20H29N5O3.ClH/c1-14-8-9-24(17(12-14)13-21)20(26)19-15(2)22-25(23-19)16-4-6-18(7-5-16)28-11-10-27-3;/h4-7,14,17H,8-13,21H2,1-3H3;1H. The number of aromatic nitrogens is 3. The SMILES string of the molecule is COCCOc1ccc(-n2nc(C)c(C(=O)N3CCC(C)CC3CN)n2)cc1.Cl. The number of halogens is 1. The molecule has 1 saturated heterocycles. The maximum Gasteiger partial charge on any atom is 0.276 e. The third-order valence-electron chi connectivity index (χ3n) is 5.12. The van der Waals surface area contributed by atoms with Gasteiger partial charge in [-0.05, 0) is 49.9 Å². The second-order valence-electron chi connectivity index (χ2n) is 7.28. The predicted molar refractivity (Wildman–Crippen MR) is 113 cm³/mol. The molecule has 0 aliphatic carbocycles. The van der Waals surface area contributed by atoms with Gasteiger partial charge in [-0.15, -0.1) is 17.5 Å². The number of ether oxygens (including phenoxy) is 2. The van der Waals surface area contributed by atoms with E-state index < -0.39 is 0 Å². The molecule has 29 heavy (non-hydrogen) atoms. The van der Waals surface area contributed by atoms with Crippen molar-refractivity contribution in [1.82, 2.24) is 19.9 Å². The fourth-order valence-electron chi connectivity index (χ4n) is 3.49. The molecule has 1 aliphatic rings. The van der Waals surface area contributed by atoms with Crippen molar-refractivity contribution in [2.75, 3.05) is 33.4 Å². The molecule has 9 heteroatoms. The average Bonchev–Trinajstić information content (AvgIpc) is 3.09. The van der Waals surface area contributed by atoms with E-state index in [9.17, 15) is 4.79 Å². The van der Waals surface area contributed by atoms with Gasteiger partial charge in [0, 0.05) is 26.2 Å². The Kier molecular flexibility index (Phi) is 8.43. The van der Waals surface area contributed by atoms with Crippen LogP contribution in [0.1, 0.15) is 35.9 Å². The van der Waals surface area contributed by atoms with Crippen molar-refractivity contribution in [2.24, 2.45) is 11.7 Å². The highest BCUT2D eigenvalue weighted by molar-refractivity contribution is 5.93. The first-order valence-electron chi connectivity index (χ1n) is 9.70. The van der Waals surface area contributed by atoms with Gasteiger partial charge in [-0.3, -0.25) is 4.79 Å². The lowest BCUT2D eigenvalue weighted by Crippen LogP contribution is -2.49. The summed E-state index contributed by atoms with van der Waals surface area (Å²) >= 11 is 0. The topological polar surface area (TPSA) is 95.5 Å². The van der Waals surface area contributed by atoms with E-state index in [0.717, 1.165) is 24.3 Å². The van der Waals surface area contributed by atoms with Gasteiger partial charge >= 0.3 is 0 Å². The maximum atomic E-state index is 13.1. The minimum atomic E-state index is -0.0920. The van der Waals surface area contributed by atoms with Crippen molar-refractivity contribution >= 4 is 18.3 Å². The van der Waals surface area contributed by atoms with Crippen molar-refractivity contribution < 1.29 is 14.3 Å². The number of rotatable bonds is 7. The molecular formula is C20H30ClN5O3. The first-order chi connectivity index (χ1) is 13.5. The van der Waals surface area contributed by atoms with Crippen LogP contribution in [0.25, 0.3) is 5.69 Å². The number of amides is 1. The summed E-state index contributed by atoms with van der Waals surface area (Å²) in [5.74, 6) is 1.24. The molecular weight excluding hydrogens is 394 g/mol. The smallest absolute Gasteiger partial charge is 0.276 e. The van der Waals surface area contributed by atoms with Gasteiger partial charge in [-0.2, -0.15) is 9.90 Å². The van der Waals surface area contributed by atoms with E-state index in [1.165, 1.54) is 4.80 Å². The third kappa shape index (κ3) is 5.46. The monoisotopic (exact) mass is 423 g/mol. The number of aryl methyl sites for hydroxylation is 1.